The smallest absolute Gasteiger partial charge is 0.184 e. The van der Waals surface area contributed by atoms with E-state index < -0.39 is 0 Å². The number of hydrogen-bond acceptors (Lipinski definition) is 5. The van der Waals surface area contributed by atoms with Gasteiger partial charge in [-0.1, -0.05) is 12.1 Å². The second-order valence-corrected chi connectivity index (χ2v) is 6.23. The molecule has 0 amide bonds. The Hall–Kier alpha value is -2.60. The molecule has 0 aromatic heterocycles. The summed E-state index contributed by atoms with van der Waals surface area (Å²) in [5, 5.41) is 2.21. The highest BCUT2D eigenvalue weighted by atomic mass is 16.6. The van der Waals surface area contributed by atoms with Crippen LogP contribution >= 0.6 is 0 Å². The van der Waals surface area contributed by atoms with Gasteiger partial charge in [-0.15, -0.1) is 0 Å². The lowest BCUT2D eigenvalue weighted by Crippen LogP contribution is -2.91. The molecule has 2 aromatic rings. The van der Waals surface area contributed by atoms with Crippen molar-refractivity contribution in [2.24, 2.45) is 0 Å². The topological polar surface area (TPSA) is 62.8 Å². The third-order valence-electron chi connectivity index (χ3n) is 4.61. The van der Waals surface area contributed by atoms with Gasteiger partial charge in [-0.25, -0.2) is 0 Å². The molecule has 2 atom stereocenters. The first-order valence-corrected chi connectivity index (χ1v) is 8.67. The molecular formula is C20H26NO5+. The fourth-order valence-corrected chi connectivity index (χ4v) is 3.01. The molecule has 0 bridgehead atoms. The number of para-hydroxylation sites is 2. The maximum atomic E-state index is 6.09. The molecule has 2 N–H and O–H groups in total. The summed E-state index contributed by atoms with van der Waals surface area (Å²) in [5.74, 6) is 3.72. The van der Waals surface area contributed by atoms with Crippen molar-refractivity contribution >= 4 is 0 Å². The Bertz CT molecular complexity index is 749. The Morgan fingerprint density at radius 2 is 1.65 bits per heavy atom. The van der Waals surface area contributed by atoms with Gasteiger partial charge in [-0.05, 0) is 25.1 Å². The predicted octanol–water partition coefficient (Wildman–Crippen LogP) is 2.00. The molecule has 0 saturated carbocycles. The van der Waals surface area contributed by atoms with E-state index in [1.54, 1.807) is 21.3 Å². The highest BCUT2D eigenvalue weighted by molar-refractivity contribution is 5.50. The van der Waals surface area contributed by atoms with Crippen LogP contribution in [-0.4, -0.2) is 40.1 Å². The Labute approximate surface area is 154 Å². The largest absolute Gasteiger partial charge is 0.496 e. The molecule has 1 aliphatic rings. The van der Waals surface area contributed by atoms with E-state index in [2.05, 4.69) is 12.2 Å². The number of ether oxygens (including phenoxy) is 5. The lowest BCUT2D eigenvalue weighted by atomic mass is 10.1. The zero-order chi connectivity index (χ0) is 18.5. The third kappa shape index (κ3) is 3.80. The second kappa shape index (κ2) is 8.19. The van der Waals surface area contributed by atoms with Gasteiger partial charge in [0.2, 0.25) is 0 Å². The number of nitrogens with two attached hydrogens (primary N) is 1. The third-order valence-corrected chi connectivity index (χ3v) is 4.61. The fourth-order valence-electron chi connectivity index (χ4n) is 3.01. The molecule has 0 saturated heterocycles. The van der Waals surface area contributed by atoms with Crippen LogP contribution in [0.5, 0.6) is 28.7 Å². The zero-order valence-electron chi connectivity index (χ0n) is 15.7. The van der Waals surface area contributed by atoms with Crippen molar-refractivity contribution in [1.82, 2.24) is 0 Å². The van der Waals surface area contributed by atoms with E-state index in [1.807, 2.05) is 36.4 Å². The van der Waals surface area contributed by atoms with Crippen LogP contribution in [0.25, 0.3) is 0 Å². The van der Waals surface area contributed by atoms with Crippen LogP contribution in [0.3, 0.4) is 0 Å². The molecule has 6 nitrogen and oxygen atoms in total. The maximum absolute atomic E-state index is 6.09. The van der Waals surface area contributed by atoms with Crippen LogP contribution in [0.4, 0.5) is 0 Å². The number of methoxy groups -OCH3 is 3. The standard InChI is InChI=1S/C20H25NO5/c1-13(20-12-25-15-7-5-6-8-16(15)26-20)21-11-14-9-18(23-3)19(24-4)10-17(14)22-2/h5-10,13,20-21H,11-12H2,1-4H3/p+1/t13-,20+/m1/s1. The average molecular weight is 360 g/mol. The molecule has 0 unspecified atom stereocenters. The molecule has 0 aliphatic carbocycles. The van der Waals surface area contributed by atoms with Crippen LogP contribution in [0, 0.1) is 0 Å². The lowest BCUT2D eigenvalue weighted by Gasteiger charge is -2.29. The Kier molecular flexibility index (Phi) is 5.73. The van der Waals surface area contributed by atoms with Gasteiger partial charge in [-0.3, -0.25) is 0 Å². The molecule has 0 fully saturated rings. The monoisotopic (exact) mass is 360 g/mol. The van der Waals surface area contributed by atoms with Gasteiger partial charge in [0.15, 0.2) is 29.1 Å². The summed E-state index contributed by atoms with van der Waals surface area (Å²) in [6.45, 7) is 3.40. The summed E-state index contributed by atoms with van der Waals surface area (Å²) >= 11 is 0. The van der Waals surface area contributed by atoms with Crippen molar-refractivity contribution in [3.63, 3.8) is 0 Å². The first-order valence-electron chi connectivity index (χ1n) is 8.67. The molecule has 3 rings (SSSR count). The summed E-state index contributed by atoms with van der Waals surface area (Å²) in [7, 11) is 4.90. The molecule has 0 radical (unpaired) electrons. The number of hydrogen-bond donors (Lipinski definition) is 1. The quantitative estimate of drug-likeness (QED) is 0.818. The maximum Gasteiger partial charge on any atom is 0.184 e. The van der Waals surface area contributed by atoms with Crippen LogP contribution in [0.2, 0.25) is 0 Å². The minimum Gasteiger partial charge on any atom is -0.496 e. The molecule has 0 spiro atoms. The van der Waals surface area contributed by atoms with Gasteiger partial charge in [0.25, 0.3) is 0 Å². The fraction of sp³-hybridized carbons (Fsp3) is 0.400. The number of quaternary nitrogens is 1. The summed E-state index contributed by atoms with van der Waals surface area (Å²) in [4.78, 5) is 0. The van der Waals surface area contributed by atoms with Crippen molar-refractivity contribution in [1.29, 1.82) is 0 Å². The number of benzene rings is 2. The lowest BCUT2D eigenvalue weighted by molar-refractivity contribution is -0.707. The first kappa shape index (κ1) is 18.2. The van der Waals surface area contributed by atoms with E-state index in [0.717, 1.165) is 29.4 Å². The van der Waals surface area contributed by atoms with Gasteiger partial charge in [0.1, 0.15) is 24.9 Å². The van der Waals surface area contributed by atoms with Crippen LogP contribution in [-0.2, 0) is 6.54 Å². The molecule has 140 valence electrons. The Balaban J connectivity index is 1.67. The first-order chi connectivity index (χ1) is 12.7. The van der Waals surface area contributed by atoms with Gasteiger partial charge >= 0.3 is 0 Å². The molecular weight excluding hydrogens is 334 g/mol. The summed E-state index contributed by atoms with van der Waals surface area (Å²) < 4.78 is 28.1. The van der Waals surface area contributed by atoms with E-state index in [0.29, 0.717) is 18.1 Å². The minimum absolute atomic E-state index is 0.0176. The van der Waals surface area contributed by atoms with Gasteiger partial charge < -0.3 is 29.0 Å². The van der Waals surface area contributed by atoms with Gasteiger partial charge in [0, 0.05) is 6.07 Å². The second-order valence-electron chi connectivity index (χ2n) is 6.23. The van der Waals surface area contributed by atoms with E-state index >= 15 is 0 Å². The van der Waals surface area contributed by atoms with Crippen LogP contribution in [0.1, 0.15) is 12.5 Å². The number of fused-ring (bicyclic) bond motifs is 1. The summed E-state index contributed by atoms with van der Waals surface area (Å²) in [6.07, 6.45) is -0.0176. The predicted molar refractivity (Wildman–Crippen MR) is 97.5 cm³/mol. The Morgan fingerprint density at radius 3 is 2.35 bits per heavy atom. The van der Waals surface area contributed by atoms with E-state index in [9.17, 15) is 0 Å². The van der Waals surface area contributed by atoms with Crippen molar-refractivity contribution < 1.29 is 29.0 Å². The van der Waals surface area contributed by atoms with Crippen molar-refractivity contribution in [3.8, 4) is 28.7 Å². The Morgan fingerprint density at radius 1 is 1.00 bits per heavy atom. The SMILES string of the molecule is COc1cc(OC)c(OC)cc1C[NH2+][C@H](C)[C@@H]1COc2ccccc2O1. The number of rotatable bonds is 7. The van der Waals surface area contributed by atoms with Crippen molar-refractivity contribution in [3.05, 3.63) is 42.0 Å². The normalized spacial score (nSPS) is 16.7. The molecule has 26 heavy (non-hydrogen) atoms. The van der Waals surface area contributed by atoms with Crippen molar-refractivity contribution in [2.45, 2.75) is 25.6 Å². The van der Waals surface area contributed by atoms with Crippen molar-refractivity contribution in [2.75, 3.05) is 27.9 Å². The molecule has 1 heterocycles. The van der Waals surface area contributed by atoms with Crippen LogP contribution < -0.4 is 29.0 Å². The molecule has 6 heteroatoms. The van der Waals surface area contributed by atoms with E-state index in [4.69, 9.17) is 23.7 Å². The van der Waals surface area contributed by atoms with Gasteiger partial charge in [0.05, 0.1) is 26.9 Å². The van der Waals surface area contributed by atoms with E-state index in [-0.39, 0.29) is 12.1 Å². The van der Waals surface area contributed by atoms with Gasteiger partial charge in [-0.2, -0.15) is 0 Å². The summed E-state index contributed by atoms with van der Waals surface area (Å²) in [5.41, 5.74) is 1.04. The highest BCUT2D eigenvalue weighted by Gasteiger charge is 2.28. The molecule has 1 aliphatic heterocycles. The molecule has 2 aromatic carbocycles. The summed E-state index contributed by atoms with van der Waals surface area (Å²) in [6, 6.07) is 11.8. The average Bonchev–Trinajstić information content (AvgIpc) is 2.70. The van der Waals surface area contributed by atoms with Crippen LogP contribution in [0.15, 0.2) is 36.4 Å². The zero-order valence-corrected chi connectivity index (χ0v) is 15.7. The highest BCUT2D eigenvalue weighted by Crippen LogP contribution is 2.34. The van der Waals surface area contributed by atoms with E-state index in [1.165, 1.54) is 0 Å². The minimum atomic E-state index is -0.0176.